The highest BCUT2D eigenvalue weighted by Gasteiger charge is 2.29. The second-order valence-corrected chi connectivity index (χ2v) is 13.8. The fourth-order valence-electron chi connectivity index (χ4n) is 8.29. The van der Waals surface area contributed by atoms with Gasteiger partial charge >= 0.3 is 0 Å². The van der Waals surface area contributed by atoms with Gasteiger partial charge in [0.2, 0.25) is 0 Å². The van der Waals surface area contributed by atoms with Crippen molar-refractivity contribution in [2.75, 3.05) is 9.80 Å². The van der Waals surface area contributed by atoms with Crippen LogP contribution in [0.15, 0.2) is 194 Å². The Morgan fingerprint density at radius 1 is 0.315 bits per heavy atom. The first-order valence-corrected chi connectivity index (χ1v) is 18.3. The zero-order valence-corrected chi connectivity index (χ0v) is 29.3. The van der Waals surface area contributed by atoms with Crippen LogP contribution in [0, 0.1) is 0 Å². The Kier molecular flexibility index (Phi) is 6.82. The normalized spacial score (nSPS) is 11.7. The molecular formula is C50H32N4. The lowest BCUT2D eigenvalue weighted by atomic mass is 10.0. The molecule has 0 unspecified atom stereocenters. The van der Waals surface area contributed by atoms with E-state index in [-0.39, 0.29) is 0 Å². The summed E-state index contributed by atoms with van der Waals surface area (Å²) >= 11 is 0. The number of aromatic nitrogens is 2. The largest absolute Gasteiger partial charge is 0.308 e. The van der Waals surface area contributed by atoms with Gasteiger partial charge in [0.05, 0.1) is 28.5 Å². The van der Waals surface area contributed by atoms with Crippen molar-refractivity contribution in [2.45, 2.75) is 0 Å². The van der Waals surface area contributed by atoms with Crippen LogP contribution in [0.1, 0.15) is 0 Å². The van der Waals surface area contributed by atoms with E-state index < -0.39 is 0 Å². The van der Waals surface area contributed by atoms with Gasteiger partial charge in [0.25, 0.3) is 0 Å². The molecule has 0 N–H and O–H groups in total. The Labute approximate surface area is 312 Å². The minimum absolute atomic E-state index is 0.828. The molecule has 0 fully saturated rings. The van der Waals surface area contributed by atoms with Crippen LogP contribution in [0.5, 0.6) is 0 Å². The van der Waals surface area contributed by atoms with Gasteiger partial charge in [0.1, 0.15) is 11.0 Å². The SMILES string of the molecule is c1ccc(N(c2ccc3ccccc3c2)c2ccc(N(c3ccccc3)c3cccc4ccccc34)c3nc4c(nc23)-c2cccc3cccc-4c23)cc1. The van der Waals surface area contributed by atoms with Crippen LogP contribution in [0.3, 0.4) is 0 Å². The lowest BCUT2D eigenvalue weighted by Gasteiger charge is -2.30. The third kappa shape index (κ3) is 4.70. The van der Waals surface area contributed by atoms with Gasteiger partial charge in [0, 0.05) is 39.0 Å². The number of benzene rings is 9. The third-order valence-corrected chi connectivity index (χ3v) is 10.7. The number of nitrogens with zero attached hydrogens (tertiary/aromatic N) is 4. The Morgan fingerprint density at radius 2 is 0.833 bits per heavy atom. The van der Waals surface area contributed by atoms with E-state index in [1.54, 1.807) is 0 Å². The Balaban J connectivity index is 1.25. The van der Waals surface area contributed by atoms with Crippen LogP contribution in [0.25, 0.3) is 65.9 Å². The number of hydrogen-bond donors (Lipinski definition) is 0. The van der Waals surface area contributed by atoms with Crippen molar-refractivity contribution in [3.63, 3.8) is 0 Å². The molecule has 11 rings (SSSR count). The van der Waals surface area contributed by atoms with E-state index in [0.29, 0.717) is 0 Å². The predicted octanol–water partition coefficient (Wildman–Crippen LogP) is 13.7. The number of rotatable bonds is 6. The van der Waals surface area contributed by atoms with E-state index in [0.717, 1.165) is 73.1 Å². The fourth-order valence-corrected chi connectivity index (χ4v) is 8.29. The highest BCUT2D eigenvalue weighted by atomic mass is 15.2. The summed E-state index contributed by atoms with van der Waals surface area (Å²) in [7, 11) is 0. The minimum atomic E-state index is 0.828. The highest BCUT2D eigenvalue weighted by molar-refractivity contribution is 6.16. The molecule has 9 aromatic carbocycles. The first-order chi connectivity index (χ1) is 26.8. The van der Waals surface area contributed by atoms with Crippen LogP contribution < -0.4 is 9.80 Å². The summed E-state index contributed by atoms with van der Waals surface area (Å²) in [5.74, 6) is 0. The molecule has 1 aliphatic rings. The Morgan fingerprint density at radius 3 is 1.52 bits per heavy atom. The zero-order chi connectivity index (χ0) is 35.6. The third-order valence-electron chi connectivity index (χ3n) is 10.7. The average Bonchev–Trinajstić information content (AvgIpc) is 3.55. The summed E-state index contributed by atoms with van der Waals surface area (Å²) in [5, 5.41) is 7.12. The standard InChI is InChI=1S/C50H32N4/c1-3-20-37(21-4-1)53(39-29-28-33-14-7-8-16-36(33)32-39)44-30-31-45(54(38-22-5-2-6-23-38)43-27-13-17-34-15-9-10-24-40(34)43)50-49(44)51-47-41-25-11-18-35-19-12-26-42(46(35)41)48(47)52-50/h1-32H. The molecule has 10 aromatic rings. The lowest BCUT2D eigenvalue weighted by molar-refractivity contribution is 1.24. The molecule has 54 heavy (non-hydrogen) atoms. The van der Waals surface area contributed by atoms with Gasteiger partial charge < -0.3 is 9.80 Å². The molecule has 0 amide bonds. The topological polar surface area (TPSA) is 32.3 Å². The van der Waals surface area contributed by atoms with Gasteiger partial charge in [-0.15, -0.1) is 0 Å². The number of para-hydroxylation sites is 2. The zero-order valence-electron chi connectivity index (χ0n) is 29.3. The van der Waals surface area contributed by atoms with Gasteiger partial charge in [-0.05, 0) is 76.1 Å². The fraction of sp³-hybridized carbons (Fsp3) is 0. The molecule has 0 saturated carbocycles. The van der Waals surface area contributed by atoms with Crippen molar-refractivity contribution in [2.24, 2.45) is 0 Å². The quantitative estimate of drug-likeness (QED) is 0.174. The van der Waals surface area contributed by atoms with E-state index in [9.17, 15) is 0 Å². The smallest absolute Gasteiger partial charge is 0.116 e. The number of fused-ring (bicyclic) bond motifs is 6. The van der Waals surface area contributed by atoms with Gasteiger partial charge in [-0.2, -0.15) is 0 Å². The molecule has 0 saturated heterocycles. The van der Waals surface area contributed by atoms with E-state index in [4.69, 9.17) is 9.97 Å². The number of hydrogen-bond acceptors (Lipinski definition) is 4. The second-order valence-electron chi connectivity index (χ2n) is 13.8. The Hall–Kier alpha value is -7.30. The molecular weight excluding hydrogens is 657 g/mol. The molecule has 0 bridgehead atoms. The second kappa shape index (κ2) is 12.1. The summed E-state index contributed by atoms with van der Waals surface area (Å²) < 4.78 is 0. The van der Waals surface area contributed by atoms with Crippen LogP contribution in [-0.4, -0.2) is 9.97 Å². The molecule has 1 aliphatic carbocycles. The summed E-state index contributed by atoms with van der Waals surface area (Å²) in [6.07, 6.45) is 0. The predicted molar refractivity (Wildman–Crippen MR) is 226 cm³/mol. The molecule has 4 heteroatoms. The molecule has 1 aromatic heterocycles. The van der Waals surface area contributed by atoms with Crippen molar-refractivity contribution in [3.8, 4) is 22.5 Å². The first-order valence-electron chi connectivity index (χ1n) is 18.3. The summed E-state index contributed by atoms with van der Waals surface area (Å²) in [5.41, 5.74) is 11.9. The van der Waals surface area contributed by atoms with Crippen molar-refractivity contribution in [3.05, 3.63) is 194 Å². The summed E-state index contributed by atoms with van der Waals surface area (Å²) in [6, 6.07) is 69.0. The van der Waals surface area contributed by atoms with Crippen molar-refractivity contribution in [1.29, 1.82) is 0 Å². The van der Waals surface area contributed by atoms with Gasteiger partial charge in [-0.25, -0.2) is 9.97 Å². The van der Waals surface area contributed by atoms with E-state index in [2.05, 4.69) is 204 Å². The van der Waals surface area contributed by atoms with Gasteiger partial charge in [0.15, 0.2) is 0 Å². The maximum Gasteiger partial charge on any atom is 0.116 e. The monoisotopic (exact) mass is 688 g/mol. The van der Waals surface area contributed by atoms with Crippen molar-refractivity contribution in [1.82, 2.24) is 9.97 Å². The van der Waals surface area contributed by atoms with Crippen LogP contribution in [0.4, 0.5) is 34.1 Å². The van der Waals surface area contributed by atoms with E-state index in [1.807, 2.05) is 0 Å². The molecule has 1 heterocycles. The highest BCUT2D eigenvalue weighted by Crippen LogP contribution is 2.50. The maximum atomic E-state index is 5.70. The van der Waals surface area contributed by atoms with E-state index in [1.165, 1.54) is 26.9 Å². The van der Waals surface area contributed by atoms with Gasteiger partial charge in [-0.3, -0.25) is 0 Å². The van der Waals surface area contributed by atoms with Crippen LogP contribution in [-0.2, 0) is 0 Å². The number of anilines is 6. The van der Waals surface area contributed by atoms with Crippen LogP contribution >= 0.6 is 0 Å². The molecule has 252 valence electrons. The van der Waals surface area contributed by atoms with Gasteiger partial charge in [-0.1, -0.05) is 140 Å². The summed E-state index contributed by atoms with van der Waals surface area (Å²) in [4.78, 5) is 16.1. The Bertz CT molecular complexity index is 3050. The van der Waals surface area contributed by atoms with Crippen molar-refractivity contribution >= 4 is 77.5 Å². The minimum Gasteiger partial charge on any atom is -0.308 e. The molecule has 0 spiro atoms. The van der Waals surface area contributed by atoms with Crippen molar-refractivity contribution < 1.29 is 0 Å². The first kappa shape index (κ1) is 30.3. The molecule has 4 nitrogen and oxygen atoms in total. The lowest BCUT2D eigenvalue weighted by Crippen LogP contribution is -2.15. The maximum absolute atomic E-state index is 5.70. The average molecular weight is 689 g/mol. The summed E-state index contributed by atoms with van der Waals surface area (Å²) in [6.45, 7) is 0. The molecule has 0 atom stereocenters. The van der Waals surface area contributed by atoms with E-state index >= 15 is 0 Å². The molecule has 0 radical (unpaired) electrons. The van der Waals surface area contributed by atoms with Crippen LogP contribution in [0.2, 0.25) is 0 Å². The molecule has 0 aliphatic heterocycles.